The number of aryl methyl sites for hydroxylation is 1. The Morgan fingerprint density at radius 2 is 1.96 bits per heavy atom. The number of pyridine rings is 1. The van der Waals surface area contributed by atoms with Gasteiger partial charge in [0.2, 0.25) is 5.91 Å². The van der Waals surface area contributed by atoms with Crippen LogP contribution in [-0.4, -0.2) is 47.0 Å². The van der Waals surface area contributed by atoms with Gasteiger partial charge in [0.25, 0.3) is 0 Å². The van der Waals surface area contributed by atoms with Gasteiger partial charge in [0.15, 0.2) is 0 Å². The van der Waals surface area contributed by atoms with E-state index in [0.717, 1.165) is 23.4 Å². The minimum Gasteiger partial charge on any atom is -0.352 e. The van der Waals surface area contributed by atoms with E-state index in [9.17, 15) is 10.1 Å². The molecule has 0 bridgehead atoms. The number of carbonyl (C=O) groups is 1. The van der Waals surface area contributed by atoms with Crippen molar-refractivity contribution < 1.29 is 4.79 Å². The van der Waals surface area contributed by atoms with E-state index in [-0.39, 0.29) is 5.91 Å². The highest BCUT2D eigenvalue weighted by Crippen LogP contribution is 2.23. The van der Waals surface area contributed by atoms with Gasteiger partial charge in [-0.2, -0.15) is 5.26 Å². The average Bonchev–Trinajstić information content (AvgIpc) is 3.16. The fourth-order valence-corrected chi connectivity index (χ4v) is 4.49. The van der Waals surface area contributed by atoms with E-state index in [1.165, 1.54) is 4.70 Å². The lowest BCUT2D eigenvalue weighted by Gasteiger charge is -2.35. The van der Waals surface area contributed by atoms with Crippen LogP contribution in [0, 0.1) is 11.3 Å². The Kier molecular flexibility index (Phi) is 5.49. The minimum absolute atomic E-state index is 0.197. The summed E-state index contributed by atoms with van der Waals surface area (Å²) in [6, 6.07) is 13.9. The first-order valence-corrected chi connectivity index (χ1v) is 10.3. The van der Waals surface area contributed by atoms with Gasteiger partial charge in [-0.3, -0.25) is 4.79 Å². The summed E-state index contributed by atoms with van der Waals surface area (Å²) in [4.78, 5) is 25.5. The van der Waals surface area contributed by atoms with E-state index in [0.29, 0.717) is 44.0 Å². The number of rotatable bonds is 5. The number of amides is 1. The average molecular weight is 392 g/mol. The zero-order chi connectivity index (χ0) is 19.3. The summed E-state index contributed by atoms with van der Waals surface area (Å²) in [6.45, 7) is 2.74. The van der Waals surface area contributed by atoms with Crippen molar-refractivity contribution in [1.82, 2.24) is 14.9 Å². The second-order valence-corrected chi connectivity index (χ2v) is 7.90. The molecule has 0 unspecified atom stereocenters. The lowest BCUT2D eigenvalue weighted by atomic mass is 10.2. The lowest BCUT2D eigenvalue weighted by Crippen LogP contribution is -2.49. The highest BCUT2D eigenvalue weighted by atomic mass is 32.1. The molecule has 0 aliphatic carbocycles. The second-order valence-electron chi connectivity index (χ2n) is 6.78. The van der Waals surface area contributed by atoms with Crippen molar-refractivity contribution in [3.63, 3.8) is 0 Å². The molecule has 7 heteroatoms. The van der Waals surface area contributed by atoms with Crippen LogP contribution in [-0.2, 0) is 11.2 Å². The van der Waals surface area contributed by atoms with Gasteiger partial charge in [-0.1, -0.05) is 12.1 Å². The first kappa shape index (κ1) is 18.4. The zero-order valence-electron chi connectivity index (χ0n) is 15.5. The molecule has 6 nitrogen and oxygen atoms in total. The smallest absolute Gasteiger partial charge is 0.222 e. The maximum atomic E-state index is 12.5. The number of nitrogens with zero attached hydrogens (tertiary/aromatic N) is 5. The normalized spacial score (nSPS) is 14.2. The predicted molar refractivity (Wildman–Crippen MR) is 110 cm³/mol. The fourth-order valence-electron chi connectivity index (χ4n) is 3.48. The molecule has 3 aromatic rings. The van der Waals surface area contributed by atoms with Crippen molar-refractivity contribution in [1.29, 1.82) is 5.26 Å². The van der Waals surface area contributed by atoms with Gasteiger partial charge in [-0.25, -0.2) is 9.97 Å². The molecule has 1 saturated heterocycles. The van der Waals surface area contributed by atoms with Crippen LogP contribution >= 0.6 is 11.3 Å². The quantitative estimate of drug-likeness (QED) is 0.668. The van der Waals surface area contributed by atoms with Crippen molar-refractivity contribution in [2.45, 2.75) is 19.3 Å². The van der Waals surface area contributed by atoms with E-state index in [1.54, 1.807) is 29.7 Å². The number of nitriles is 1. The first-order valence-electron chi connectivity index (χ1n) is 9.47. The molecule has 142 valence electrons. The summed E-state index contributed by atoms with van der Waals surface area (Å²) in [7, 11) is 0. The first-order chi connectivity index (χ1) is 13.7. The standard InChI is InChI=1S/C21H21N5OS/c22-15-16-5-4-10-23-21(16)26-13-11-25(12-14-26)20(27)9-3-8-19-24-17-6-1-2-7-18(17)28-19/h1-2,4-7,10H,3,8-9,11-14H2. The predicted octanol–water partition coefficient (Wildman–Crippen LogP) is 3.23. The molecule has 1 aromatic carbocycles. The summed E-state index contributed by atoms with van der Waals surface area (Å²) in [6.07, 6.45) is 3.90. The van der Waals surface area contributed by atoms with Crippen molar-refractivity contribution in [2.75, 3.05) is 31.1 Å². The Morgan fingerprint density at radius 1 is 1.14 bits per heavy atom. The Labute approximate surface area is 168 Å². The SMILES string of the molecule is N#Cc1cccnc1N1CCN(C(=O)CCCc2nc3ccccc3s2)CC1. The molecule has 0 spiro atoms. The van der Waals surface area contributed by atoms with Gasteiger partial charge >= 0.3 is 0 Å². The number of piperazine rings is 1. The highest BCUT2D eigenvalue weighted by Gasteiger charge is 2.23. The molecule has 0 atom stereocenters. The van der Waals surface area contributed by atoms with Gasteiger partial charge < -0.3 is 9.80 Å². The van der Waals surface area contributed by atoms with Gasteiger partial charge in [0.1, 0.15) is 11.9 Å². The molecule has 0 radical (unpaired) electrons. The molecule has 2 aromatic heterocycles. The molecule has 3 heterocycles. The highest BCUT2D eigenvalue weighted by molar-refractivity contribution is 7.18. The summed E-state index contributed by atoms with van der Waals surface area (Å²) in [5.41, 5.74) is 1.62. The third-order valence-corrected chi connectivity index (χ3v) is 6.05. The number of anilines is 1. The van der Waals surface area contributed by atoms with Crippen LogP contribution in [0.3, 0.4) is 0 Å². The van der Waals surface area contributed by atoms with E-state index in [1.807, 2.05) is 23.1 Å². The molecule has 1 aliphatic rings. The zero-order valence-corrected chi connectivity index (χ0v) is 16.4. The summed E-state index contributed by atoms with van der Waals surface area (Å²) in [5.74, 6) is 0.912. The molecule has 0 N–H and O–H groups in total. The fraction of sp³-hybridized carbons (Fsp3) is 0.333. The summed E-state index contributed by atoms with van der Waals surface area (Å²) in [5, 5.41) is 10.3. The monoisotopic (exact) mass is 391 g/mol. The van der Waals surface area contributed by atoms with E-state index in [4.69, 9.17) is 0 Å². The van der Waals surface area contributed by atoms with Crippen LogP contribution in [0.4, 0.5) is 5.82 Å². The number of fused-ring (bicyclic) bond motifs is 1. The van der Waals surface area contributed by atoms with Crippen LogP contribution in [0.2, 0.25) is 0 Å². The number of hydrogen-bond donors (Lipinski definition) is 0. The maximum Gasteiger partial charge on any atom is 0.222 e. The van der Waals surface area contributed by atoms with E-state index >= 15 is 0 Å². The number of para-hydroxylation sites is 1. The molecular weight excluding hydrogens is 370 g/mol. The third-order valence-electron chi connectivity index (χ3n) is 4.96. The van der Waals surface area contributed by atoms with Crippen molar-refractivity contribution >= 4 is 33.3 Å². The van der Waals surface area contributed by atoms with Crippen molar-refractivity contribution in [3.05, 3.63) is 53.2 Å². The van der Waals surface area contributed by atoms with E-state index in [2.05, 4.69) is 27.0 Å². The topological polar surface area (TPSA) is 73.1 Å². The van der Waals surface area contributed by atoms with Gasteiger partial charge in [0.05, 0.1) is 20.8 Å². The number of carbonyl (C=O) groups excluding carboxylic acids is 1. The number of aromatic nitrogens is 2. The summed E-state index contributed by atoms with van der Waals surface area (Å²) >= 11 is 1.71. The van der Waals surface area contributed by atoms with Crippen LogP contribution in [0.1, 0.15) is 23.4 Å². The van der Waals surface area contributed by atoms with Crippen LogP contribution in [0.5, 0.6) is 0 Å². The van der Waals surface area contributed by atoms with E-state index < -0.39 is 0 Å². The molecule has 1 aliphatic heterocycles. The van der Waals surface area contributed by atoms with Crippen LogP contribution < -0.4 is 4.90 Å². The number of thiazole rings is 1. The largest absolute Gasteiger partial charge is 0.352 e. The molecular formula is C21H21N5OS. The Bertz CT molecular complexity index is 984. The third kappa shape index (κ3) is 3.97. The summed E-state index contributed by atoms with van der Waals surface area (Å²) < 4.78 is 1.20. The van der Waals surface area contributed by atoms with Gasteiger partial charge in [0, 0.05) is 38.8 Å². The Morgan fingerprint density at radius 3 is 2.75 bits per heavy atom. The number of hydrogen-bond acceptors (Lipinski definition) is 6. The lowest BCUT2D eigenvalue weighted by molar-refractivity contribution is -0.131. The van der Waals surface area contributed by atoms with Crippen molar-refractivity contribution in [2.24, 2.45) is 0 Å². The molecule has 4 rings (SSSR count). The maximum absolute atomic E-state index is 12.5. The Hall–Kier alpha value is -2.98. The van der Waals surface area contributed by atoms with Gasteiger partial charge in [-0.15, -0.1) is 11.3 Å². The van der Waals surface area contributed by atoms with Gasteiger partial charge in [-0.05, 0) is 37.1 Å². The molecule has 0 saturated carbocycles. The number of benzene rings is 1. The minimum atomic E-state index is 0.197. The Balaban J connectivity index is 1.26. The molecule has 1 amide bonds. The van der Waals surface area contributed by atoms with Crippen molar-refractivity contribution in [3.8, 4) is 6.07 Å². The molecule has 28 heavy (non-hydrogen) atoms. The van der Waals surface area contributed by atoms with Crippen LogP contribution in [0.25, 0.3) is 10.2 Å². The molecule has 1 fully saturated rings. The second kappa shape index (κ2) is 8.36. The van der Waals surface area contributed by atoms with Crippen LogP contribution in [0.15, 0.2) is 42.6 Å².